The number of aromatic carboxylic acids is 1. The number of benzene rings is 1. The van der Waals surface area contributed by atoms with Crippen molar-refractivity contribution in [1.82, 2.24) is 0 Å². The summed E-state index contributed by atoms with van der Waals surface area (Å²) in [6, 6.07) is 0. The number of carboxylic acid groups (broad SMARTS) is 1. The molecule has 5 nitrogen and oxygen atoms in total. The topological polar surface area (TPSA) is 87.0 Å². The van der Waals surface area contributed by atoms with E-state index in [9.17, 15) is 20.1 Å². The molecular formula is C28H48O5. The standard InChI is InChI=1S/C28H48O5/c1-4-7-9-11-13-15-17-19-22-23(20-18-16-14-12-10-8-5-2)27(33-21-6-3)24(28(31)32)26(30)25(22)29/h29-30H,4-21H2,1-3H3,(H,31,32). The van der Waals surface area contributed by atoms with Gasteiger partial charge in [0.15, 0.2) is 11.5 Å². The van der Waals surface area contributed by atoms with Crippen molar-refractivity contribution in [3.05, 3.63) is 16.7 Å². The molecule has 0 aliphatic carbocycles. The average Bonchev–Trinajstić information content (AvgIpc) is 2.79. The molecule has 0 saturated carbocycles. The molecular weight excluding hydrogens is 416 g/mol. The van der Waals surface area contributed by atoms with Crippen molar-refractivity contribution in [1.29, 1.82) is 0 Å². The highest BCUT2D eigenvalue weighted by molar-refractivity contribution is 5.96. The summed E-state index contributed by atoms with van der Waals surface area (Å²) in [4.78, 5) is 11.9. The SMILES string of the molecule is CCCCCCCCCc1c(O)c(O)c(C(=O)O)c(OCCC)c1CCCCCCCCC. The van der Waals surface area contributed by atoms with Crippen LogP contribution in [0, 0.1) is 0 Å². The minimum Gasteiger partial charge on any atom is -0.504 e. The smallest absolute Gasteiger partial charge is 0.343 e. The van der Waals surface area contributed by atoms with Gasteiger partial charge in [0.05, 0.1) is 6.61 Å². The van der Waals surface area contributed by atoms with E-state index in [1.165, 1.54) is 51.4 Å². The van der Waals surface area contributed by atoms with Crippen LogP contribution >= 0.6 is 0 Å². The minimum absolute atomic E-state index is 0.253. The van der Waals surface area contributed by atoms with Gasteiger partial charge < -0.3 is 20.1 Å². The van der Waals surface area contributed by atoms with Crippen LogP contribution in [0.1, 0.15) is 139 Å². The van der Waals surface area contributed by atoms with Crippen molar-refractivity contribution in [3.63, 3.8) is 0 Å². The molecule has 0 spiro atoms. The number of phenols is 2. The van der Waals surface area contributed by atoms with Crippen molar-refractivity contribution in [3.8, 4) is 17.2 Å². The van der Waals surface area contributed by atoms with Gasteiger partial charge in [0.25, 0.3) is 0 Å². The summed E-state index contributed by atoms with van der Waals surface area (Å²) in [6.45, 7) is 6.77. The van der Waals surface area contributed by atoms with Gasteiger partial charge in [-0.25, -0.2) is 4.79 Å². The van der Waals surface area contributed by atoms with E-state index in [0.29, 0.717) is 25.0 Å². The van der Waals surface area contributed by atoms with Gasteiger partial charge in [0.1, 0.15) is 11.3 Å². The number of carboxylic acids is 1. The van der Waals surface area contributed by atoms with Crippen LogP contribution in [0.3, 0.4) is 0 Å². The van der Waals surface area contributed by atoms with E-state index < -0.39 is 11.7 Å². The number of unbranched alkanes of at least 4 members (excludes halogenated alkanes) is 12. The zero-order valence-corrected chi connectivity index (χ0v) is 21.4. The van der Waals surface area contributed by atoms with Crippen molar-refractivity contribution in [2.45, 2.75) is 130 Å². The molecule has 1 aromatic rings. The molecule has 0 fully saturated rings. The first-order chi connectivity index (χ1) is 16.0. The van der Waals surface area contributed by atoms with Crippen molar-refractivity contribution >= 4 is 5.97 Å². The van der Waals surface area contributed by atoms with Crippen LogP contribution in [0.2, 0.25) is 0 Å². The van der Waals surface area contributed by atoms with Crippen LogP contribution in [-0.4, -0.2) is 27.9 Å². The fourth-order valence-electron chi connectivity index (χ4n) is 4.41. The molecule has 0 aromatic heterocycles. The van der Waals surface area contributed by atoms with Crippen LogP contribution in [-0.2, 0) is 12.8 Å². The van der Waals surface area contributed by atoms with Crippen LogP contribution in [0.5, 0.6) is 17.2 Å². The number of ether oxygens (including phenoxy) is 1. The molecule has 0 radical (unpaired) electrons. The number of carbonyl (C=O) groups is 1. The lowest BCUT2D eigenvalue weighted by atomic mass is 9.91. The number of rotatable bonds is 20. The molecule has 0 unspecified atom stereocenters. The predicted molar refractivity (Wildman–Crippen MR) is 136 cm³/mol. The molecule has 0 atom stereocenters. The van der Waals surface area contributed by atoms with Gasteiger partial charge in [-0.1, -0.05) is 97.8 Å². The highest BCUT2D eigenvalue weighted by Crippen LogP contribution is 2.44. The highest BCUT2D eigenvalue weighted by atomic mass is 16.5. The lowest BCUT2D eigenvalue weighted by Gasteiger charge is -2.21. The van der Waals surface area contributed by atoms with E-state index in [-0.39, 0.29) is 17.1 Å². The first-order valence-corrected chi connectivity index (χ1v) is 13.4. The number of hydrogen-bond acceptors (Lipinski definition) is 4. The summed E-state index contributed by atoms with van der Waals surface area (Å²) in [5.74, 6) is -1.85. The number of aromatic hydroxyl groups is 2. The molecule has 5 heteroatoms. The first kappa shape index (κ1) is 29.1. The molecule has 0 saturated heterocycles. The summed E-state index contributed by atoms with van der Waals surface area (Å²) in [7, 11) is 0. The summed E-state index contributed by atoms with van der Waals surface area (Å²) < 4.78 is 5.89. The number of hydrogen-bond donors (Lipinski definition) is 3. The van der Waals surface area contributed by atoms with Crippen molar-refractivity contribution in [2.24, 2.45) is 0 Å². The zero-order chi connectivity index (χ0) is 24.5. The van der Waals surface area contributed by atoms with Crippen molar-refractivity contribution < 1.29 is 24.9 Å². The molecule has 3 N–H and O–H groups in total. The van der Waals surface area contributed by atoms with Gasteiger partial charge in [-0.3, -0.25) is 0 Å². The molecule has 0 aliphatic rings. The minimum atomic E-state index is -1.27. The molecule has 0 heterocycles. The Hall–Kier alpha value is -1.91. The average molecular weight is 465 g/mol. The Morgan fingerprint density at radius 1 is 0.636 bits per heavy atom. The third-order valence-electron chi connectivity index (χ3n) is 6.34. The van der Waals surface area contributed by atoms with Gasteiger partial charge in [0, 0.05) is 11.1 Å². The Morgan fingerprint density at radius 3 is 1.55 bits per heavy atom. The fraction of sp³-hybridized carbons (Fsp3) is 0.750. The summed E-state index contributed by atoms with van der Waals surface area (Å²) >= 11 is 0. The van der Waals surface area contributed by atoms with E-state index >= 15 is 0 Å². The Bertz CT molecular complexity index is 684. The Labute approximate surface area is 201 Å². The van der Waals surface area contributed by atoms with E-state index in [0.717, 1.165) is 50.5 Å². The van der Waals surface area contributed by atoms with Gasteiger partial charge in [-0.05, 0) is 32.1 Å². The lowest BCUT2D eigenvalue weighted by Crippen LogP contribution is -2.10. The van der Waals surface area contributed by atoms with E-state index in [4.69, 9.17) is 4.74 Å². The first-order valence-electron chi connectivity index (χ1n) is 13.4. The molecule has 0 amide bonds. The largest absolute Gasteiger partial charge is 0.504 e. The van der Waals surface area contributed by atoms with Crippen LogP contribution in [0.15, 0.2) is 0 Å². The molecule has 1 rings (SSSR count). The van der Waals surface area contributed by atoms with E-state index in [2.05, 4.69) is 13.8 Å². The second-order valence-electron chi connectivity index (χ2n) is 9.25. The fourth-order valence-corrected chi connectivity index (χ4v) is 4.41. The monoisotopic (exact) mass is 464 g/mol. The van der Waals surface area contributed by atoms with Crippen LogP contribution in [0.4, 0.5) is 0 Å². The summed E-state index contributed by atoms with van der Waals surface area (Å²) in [5, 5.41) is 31.0. The van der Waals surface area contributed by atoms with E-state index in [1.807, 2.05) is 6.92 Å². The lowest BCUT2D eigenvalue weighted by molar-refractivity contribution is 0.0687. The highest BCUT2D eigenvalue weighted by Gasteiger charge is 2.28. The second-order valence-corrected chi connectivity index (χ2v) is 9.25. The quantitative estimate of drug-likeness (QED) is 0.134. The summed E-state index contributed by atoms with van der Waals surface area (Å²) in [6.07, 6.45) is 18.3. The van der Waals surface area contributed by atoms with Crippen LogP contribution < -0.4 is 4.74 Å². The molecule has 190 valence electrons. The molecule has 33 heavy (non-hydrogen) atoms. The Morgan fingerprint density at radius 2 is 1.09 bits per heavy atom. The van der Waals surface area contributed by atoms with Crippen LogP contribution in [0.25, 0.3) is 0 Å². The third kappa shape index (κ3) is 10.3. The maximum absolute atomic E-state index is 11.9. The molecule has 0 aliphatic heterocycles. The van der Waals surface area contributed by atoms with Gasteiger partial charge >= 0.3 is 5.97 Å². The van der Waals surface area contributed by atoms with E-state index in [1.54, 1.807) is 0 Å². The Balaban J connectivity index is 3.01. The van der Waals surface area contributed by atoms with Gasteiger partial charge in [-0.2, -0.15) is 0 Å². The second kappa shape index (κ2) is 17.6. The molecule has 0 bridgehead atoms. The summed E-state index contributed by atoms with van der Waals surface area (Å²) in [5.41, 5.74) is 1.14. The number of phenolic OH excluding ortho intramolecular Hbond substituents is 1. The molecule has 1 aromatic carbocycles. The van der Waals surface area contributed by atoms with Gasteiger partial charge in [-0.15, -0.1) is 0 Å². The maximum Gasteiger partial charge on any atom is 0.343 e. The van der Waals surface area contributed by atoms with Gasteiger partial charge in [0.2, 0.25) is 0 Å². The third-order valence-corrected chi connectivity index (χ3v) is 6.34. The Kier molecular flexibility index (Phi) is 15.5. The maximum atomic E-state index is 11.9. The zero-order valence-electron chi connectivity index (χ0n) is 21.4. The normalized spacial score (nSPS) is 11.1. The predicted octanol–water partition coefficient (Wildman–Crippen LogP) is 8.17. The van der Waals surface area contributed by atoms with Crippen molar-refractivity contribution in [2.75, 3.05) is 6.61 Å².